The molecule has 0 atom stereocenters. The summed E-state index contributed by atoms with van der Waals surface area (Å²) in [5.41, 5.74) is -1.52. The van der Waals surface area contributed by atoms with Crippen molar-refractivity contribution in [3.05, 3.63) is 56.5 Å². The van der Waals surface area contributed by atoms with Crippen LogP contribution in [0.25, 0.3) is 0 Å². The number of ether oxygens (including phenoxy) is 2. The molecule has 0 aromatic heterocycles. The maximum absolute atomic E-state index is 12.8. The topological polar surface area (TPSA) is 52.6 Å². The lowest BCUT2D eigenvalue weighted by atomic mass is 9.82. The SMILES string of the molecule is CCC(CC)(C(=O)Oc1ccc(Cl)cc1Cl)C(=O)Oc1ccc(Cl)cc1Cl. The standard InChI is InChI=1S/C19H16Cl4O4/c1-3-19(4-2,17(24)26-15-7-5-11(20)9-13(15)22)18(25)27-16-8-6-12(21)10-14(16)23/h5-10H,3-4H2,1-2H3. The normalized spacial score (nSPS) is 11.2. The van der Waals surface area contributed by atoms with Crippen LogP contribution in [0.2, 0.25) is 20.1 Å². The minimum atomic E-state index is -1.52. The van der Waals surface area contributed by atoms with Gasteiger partial charge in [0.05, 0.1) is 10.0 Å². The smallest absolute Gasteiger partial charge is 0.328 e. The lowest BCUT2D eigenvalue weighted by Gasteiger charge is -2.27. The van der Waals surface area contributed by atoms with E-state index >= 15 is 0 Å². The quantitative estimate of drug-likeness (QED) is 0.282. The van der Waals surface area contributed by atoms with Crippen LogP contribution in [0.1, 0.15) is 26.7 Å². The Labute approximate surface area is 177 Å². The van der Waals surface area contributed by atoms with E-state index in [9.17, 15) is 9.59 Å². The second kappa shape index (κ2) is 9.16. The molecule has 0 aliphatic carbocycles. The van der Waals surface area contributed by atoms with Gasteiger partial charge >= 0.3 is 11.9 Å². The number of carbonyl (C=O) groups excluding carboxylic acids is 2. The van der Waals surface area contributed by atoms with Gasteiger partial charge in [-0.15, -0.1) is 0 Å². The Bertz CT molecular complexity index is 795. The van der Waals surface area contributed by atoms with Crippen LogP contribution in [0.4, 0.5) is 0 Å². The summed E-state index contributed by atoms with van der Waals surface area (Å²) in [5, 5.41) is 1.11. The Morgan fingerprint density at radius 2 is 1.15 bits per heavy atom. The lowest BCUT2D eigenvalue weighted by molar-refractivity contribution is -0.161. The Hall–Kier alpha value is -1.46. The van der Waals surface area contributed by atoms with Crippen molar-refractivity contribution in [1.29, 1.82) is 0 Å². The maximum Gasteiger partial charge on any atom is 0.328 e. The molecule has 2 aromatic carbocycles. The van der Waals surface area contributed by atoms with Gasteiger partial charge in [-0.1, -0.05) is 60.3 Å². The molecule has 0 amide bonds. The van der Waals surface area contributed by atoms with Gasteiger partial charge in [0.2, 0.25) is 0 Å². The van der Waals surface area contributed by atoms with E-state index in [1.807, 2.05) is 0 Å². The zero-order chi connectivity index (χ0) is 20.2. The van der Waals surface area contributed by atoms with Crippen LogP contribution in [0.15, 0.2) is 36.4 Å². The number of carbonyl (C=O) groups is 2. The van der Waals surface area contributed by atoms with E-state index in [-0.39, 0.29) is 34.4 Å². The molecule has 0 saturated heterocycles. The fourth-order valence-electron chi connectivity index (χ4n) is 2.42. The molecule has 0 aliphatic rings. The van der Waals surface area contributed by atoms with Crippen LogP contribution in [-0.2, 0) is 9.59 Å². The highest BCUT2D eigenvalue weighted by atomic mass is 35.5. The fourth-order valence-corrected chi connectivity index (χ4v) is 3.32. The van der Waals surface area contributed by atoms with Crippen molar-refractivity contribution in [3.63, 3.8) is 0 Å². The molecule has 4 nitrogen and oxygen atoms in total. The number of hydrogen-bond acceptors (Lipinski definition) is 4. The first kappa shape index (κ1) is 21.8. The van der Waals surface area contributed by atoms with Gasteiger partial charge in [0.15, 0.2) is 5.41 Å². The molecule has 2 rings (SSSR count). The third kappa shape index (κ3) is 4.88. The van der Waals surface area contributed by atoms with Gasteiger partial charge in [-0.2, -0.15) is 0 Å². The summed E-state index contributed by atoms with van der Waals surface area (Å²) < 4.78 is 10.7. The van der Waals surface area contributed by atoms with Gasteiger partial charge in [0, 0.05) is 10.0 Å². The van der Waals surface area contributed by atoms with E-state index in [0.29, 0.717) is 10.0 Å². The van der Waals surface area contributed by atoms with Crippen molar-refractivity contribution in [3.8, 4) is 11.5 Å². The van der Waals surface area contributed by atoms with Crippen LogP contribution in [0.3, 0.4) is 0 Å². The second-order valence-electron chi connectivity index (χ2n) is 5.72. The molecular weight excluding hydrogens is 434 g/mol. The summed E-state index contributed by atoms with van der Waals surface area (Å²) in [7, 11) is 0. The molecule has 0 fully saturated rings. The average molecular weight is 450 g/mol. The predicted molar refractivity (Wildman–Crippen MR) is 107 cm³/mol. The number of benzene rings is 2. The molecule has 144 valence electrons. The first-order valence-electron chi connectivity index (χ1n) is 8.08. The first-order valence-corrected chi connectivity index (χ1v) is 9.59. The van der Waals surface area contributed by atoms with E-state index in [0.717, 1.165) is 0 Å². The minimum Gasteiger partial charge on any atom is -0.424 e. The van der Waals surface area contributed by atoms with E-state index < -0.39 is 17.4 Å². The number of rotatable bonds is 6. The van der Waals surface area contributed by atoms with Crippen molar-refractivity contribution < 1.29 is 19.1 Å². The zero-order valence-electron chi connectivity index (χ0n) is 14.5. The van der Waals surface area contributed by atoms with Crippen LogP contribution in [0.5, 0.6) is 11.5 Å². The van der Waals surface area contributed by atoms with E-state index in [1.165, 1.54) is 36.4 Å². The van der Waals surface area contributed by atoms with Crippen molar-refractivity contribution in [2.75, 3.05) is 0 Å². The molecule has 2 aromatic rings. The molecule has 0 aliphatic heterocycles. The van der Waals surface area contributed by atoms with Crippen molar-refractivity contribution >= 4 is 58.3 Å². The highest BCUT2D eigenvalue weighted by Crippen LogP contribution is 2.36. The summed E-state index contributed by atoms with van der Waals surface area (Å²) in [6, 6.07) is 8.86. The minimum absolute atomic E-state index is 0.106. The predicted octanol–water partition coefficient (Wildman–Crippen LogP) is 6.62. The summed E-state index contributed by atoms with van der Waals surface area (Å²) in [4.78, 5) is 25.7. The third-order valence-electron chi connectivity index (χ3n) is 4.18. The summed E-state index contributed by atoms with van der Waals surface area (Å²) in [6.45, 7) is 3.39. The molecule has 0 N–H and O–H groups in total. The summed E-state index contributed by atoms with van der Waals surface area (Å²) in [5.74, 6) is -1.33. The van der Waals surface area contributed by atoms with E-state index in [1.54, 1.807) is 13.8 Å². The molecule has 8 heteroatoms. The Morgan fingerprint density at radius 3 is 1.44 bits per heavy atom. The van der Waals surface area contributed by atoms with Gasteiger partial charge < -0.3 is 9.47 Å². The lowest BCUT2D eigenvalue weighted by Crippen LogP contribution is -2.44. The average Bonchev–Trinajstić information content (AvgIpc) is 2.61. The second-order valence-corrected chi connectivity index (χ2v) is 7.41. The highest BCUT2D eigenvalue weighted by Gasteiger charge is 2.47. The zero-order valence-corrected chi connectivity index (χ0v) is 17.5. The van der Waals surface area contributed by atoms with E-state index in [4.69, 9.17) is 55.9 Å². The van der Waals surface area contributed by atoms with Crippen LogP contribution in [-0.4, -0.2) is 11.9 Å². The number of hydrogen-bond donors (Lipinski definition) is 0. The fraction of sp³-hybridized carbons (Fsp3) is 0.263. The molecule has 27 heavy (non-hydrogen) atoms. The molecule has 0 radical (unpaired) electrons. The number of halogens is 4. The van der Waals surface area contributed by atoms with Gasteiger partial charge in [0.25, 0.3) is 0 Å². The van der Waals surface area contributed by atoms with Gasteiger partial charge in [-0.3, -0.25) is 9.59 Å². The van der Waals surface area contributed by atoms with Crippen LogP contribution < -0.4 is 9.47 Å². The van der Waals surface area contributed by atoms with Crippen LogP contribution >= 0.6 is 46.4 Å². The molecular formula is C19H16Cl4O4. The van der Waals surface area contributed by atoms with Crippen molar-refractivity contribution in [2.45, 2.75) is 26.7 Å². The highest BCUT2D eigenvalue weighted by molar-refractivity contribution is 6.36. The monoisotopic (exact) mass is 448 g/mol. The Morgan fingerprint density at radius 1 is 0.778 bits per heavy atom. The van der Waals surface area contributed by atoms with E-state index in [2.05, 4.69) is 0 Å². The molecule has 0 spiro atoms. The molecule has 0 saturated carbocycles. The van der Waals surface area contributed by atoms with Crippen LogP contribution in [0, 0.1) is 5.41 Å². The molecule has 0 bridgehead atoms. The van der Waals surface area contributed by atoms with Crippen molar-refractivity contribution in [2.24, 2.45) is 5.41 Å². The summed E-state index contributed by atoms with van der Waals surface area (Å²) >= 11 is 23.8. The first-order chi connectivity index (χ1) is 12.7. The number of esters is 2. The summed E-state index contributed by atoms with van der Waals surface area (Å²) in [6.07, 6.45) is 0.329. The maximum atomic E-state index is 12.8. The van der Waals surface area contributed by atoms with Crippen molar-refractivity contribution in [1.82, 2.24) is 0 Å². The van der Waals surface area contributed by atoms with Gasteiger partial charge in [-0.05, 0) is 49.2 Å². The van der Waals surface area contributed by atoms with Gasteiger partial charge in [-0.25, -0.2) is 0 Å². The Kier molecular flexibility index (Phi) is 7.40. The Balaban J connectivity index is 2.29. The largest absolute Gasteiger partial charge is 0.424 e. The van der Waals surface area contributed by atoms with Gasteiger partial charge in [0.1, 0.15) is 11.5 Å². The molecule has 0 unspecified atom stereocenters. The molecule has 0 heterocycles. The third-order valence-corrected chi connectivity index (χ3v) is 5.24.